The molecule has 6 N–H and O–H groups in total. The van der Waals surface area contributed by atoms with Crippen LogP contribution in [0, 0.1) is 0 Å². The fourth-order valence-corrected chi connectivity index (χ4v) is 1.80. The van der Waals surface area contributed by atoms with E-state index in [1.165, 1.54) is 0 Å². The van der Waals surface area contributed by atoms with Gasteiger partial charge in [0.05, 0.1) is 12.6 Å². The van der Waals surface area contributed by atoms with Crippen LogP contribution in [0.2, 0.25) is 0 Å². The second kappa shape index (κ2) is 10.7. The largest absolute Gasteiger partial charge is 0.368 e. The molecule has 0 saturated carbocycles. The van der Waals surface area contributed by atoms with Crippen LogP contribution < -0.4 is 22.1 Å². The number of nitrogens with two attached hydrogens (primary N) is 2. The Hall–Kier alpha value is -1.96. The van der Waals surface area contributed by atoms with Crippen LogP contribution in [-0.2, 0) is 19.2 Å². The Labute approximate surface area is 130 Å². The summed E-state index contributed by atoms with van der Waals surface area (Å²) in [6.45, 7) is 3.39. The zero-order chi connectivity index (χ0) is 17.1. The monoisotopic (exact) mass is 314 g/mol. The molecular weight excluding hydrogens is 288 g/mol. The fourth-order valence-electron chi connectivity index (χ4n) is 1.80. The van der Waals surface area contributed by atoms with Gasteiger partial charge in [0, 0.05) is 0 Å². The van der Waals surface area contributed by atoms with E-state index in [0.717, 1.165) is 12.8 Å². The zero-order valence-electron chi connectivity index (χ0n) is 13.2. The van der Waals surface area contributed by atoms with Crippen molar-refractivity contribution in [1.29, 1.82) is 0 Å². The van der Waals surface area contributed by atoms with Gasteiger partial charge >= 0.3 is 0 Å². The number of primary amides is 1. The first-order chi connectivity index (χ1) is 10.3. The Bertz CT molecular complexity index is 412. The van der Waals surface area contributed by atoms with Crippen molar-refractivity contribution >= 4 is 23.5 Å². The van der Waals surface area contributed by atoms with E-state index in [1.807, 2.05) is 13.8 Å². The molecule has 0 rings (SSSR count). The van der Waals surface area contributed by atoms with E-state index in [9.17, 15) is 19.2 Å². The maximum Gasteiger partial charge on any atom is 0.289 e. The maximum atomic E-state index is 11.7. The Morgan fingerprint density at radius 1 is 1.05 bits per heavy atom. The van der Waals surface area contributed by atoms with Gasteiger partial charge in [0.1, 0.15) is 6.04 Å². The van der Waals surface area contributed by atoms with E-state index < -0.39 is 42.1 Å². The van der Waals surface area contributed by atoms with Gasteiger partial charge in [0.2, 0.25) is 17.6 Å². The summed E-state index contributed by atoms with van der Waals surface area (Å²) in [5, 5.41) is 4.62. The van der Waals surface area contributed by atoms with Crippen LogP contribution in [0.5, 0.6) is 0 Å². The molecule has 2 atom stereocenters. The van der Waals surface area contributed by atoms with Crippen molar-refractivity contribution in [2.75, 3.05) is 6.54 Å². The molecular formula is C14H26N4O4. The summed E-state index contributed by atoms with van der Waals surface area (Å²) in [5.41, 5.74) is 10.7. The number of amides is 3. The van der Waals surface area contributed by atoms with Crippen molar-refractivity contribution in [3.05, 3.63) is 0 Å². The molecule has 0 heterocycles. The number of unbranched alkanes of at least 4 members (excludes halogenated alkanes) is 1. The second-order valence-corrected chi connectivity index (χ2v) is 5.11. The minimum absolute atomic E-state index is 0.402. The van der Waals surface area contributed by atoms with E-state index in [1.54, 1.807) is 0 Å². The average molecular weight is 314 g/mol. The van der Waals surface area contributed by atoms with Gasteiger partial charge in [0.25, 0.3) is 5.91 Å². The molecule has 0 bridgehead atoms. The van der Waals surface area contributed by atoms with Crippen molar-refractivity contribution in [1.82, 2.24) is 10.6 Å². The molecule has 0 saturated heterocycles. The van der Waals surface area contributed by atoms with Crippen molar-refractivity contribution in [3.8, 4) is 0 Å². The average Bonchev–Trinajstić information content (AvgIpc) is 2.48. The van der Waals surface area contributed by atoms with E-state index in [4.69, 9.17) is 11.5 Å². The SMILES string of the molecule is CCCCC(NC(=O)CNC(=O)C(=O)C(N)CCC)C(N)=O. The molecule has 2 unspecified atom stereocenters. The summed E-state index contributed by atoms with van der Waals surface area (Å²) in [4.78, 5) is 46.0. The van der Waals surface area contributed by atoms with Gasteiger partial charge in [-0.25, -0.2) is 0 Å². The lowest BCUT2D eigenvalue weighted by atomic mass is 10.1. The number of nitrogens with one attached hydrogen (secondary N) is 2. The topological polar surface area (TPSA) is 144 Å². The third kappa shape index (κ3) is 7.72. The highest BCUT2D eigenvalue weighted by Gasteiger charge is 2.22. The summed E-state index contributed by atoms with van der Waals surface area (Å²) in [6.07, 6.45) is 3.12. The van der Waals surface area contributed by atoms with Crippen LogP contribution in [0.25, 0.3) is 0 Å². The summed E-state index contributed by atoms with van der Waals surface area (Å²) in [6, 6.07) is -1.64. The highest BCUT2D eigenvalue weighted by molar-refractivity contribution is 6.38. The van der Waals surface area contributed by atoms with Crippen LogP contribution >= 0.6 is 0 Å². The van der Waals surface area contributed by atoms with E-state index in [-0.39, 0.29) is 0 Å². The van der Waals surface area contributed by atoms with Crippen LogP contribution in [0.4, 0.5) is 0 Å². The molecule has 0 aromatic carbocycles. The Kier molecular flexibility index (Phi) is 9.77. The van der Waals surface area contributed by atoms with Gasteiger partial charge in [-0.15, -0.1) is 0 Å². The molecule has 0 aliphatic carbocycles. The number of ketones is 1. The molecule has 0 aliphatic heterocycles. The molecule has 0 aliphatic rings. The Morgan fingerprint density at radius 2 is 1.68 bits per heavy atom. The molecule has 0 fully saturated rings. The summed E-state index contributed by atoms with van der Waals surface area (Å²) in [7, 11) is 0. The van der Waals surface area contributed by atoms with E-state index in [0.29, 0.717) is 19.3 Å². The van der Waals surface area contributed by atoms with E-state index in [2.05, 4.69) is 10.6 Å². The van der Waals surface area contributed by atoms with E-state index >= 15 is 0 Å². The second-order valence-electron chi connectivity index (χ2n) is 5.11. The third-order valence-electron chi connectivity index (χ3n) is 3.09. The number of carbonyl (C=O) groups excluding carboxylic acids is 4. The van der Waals surface area contributed by atoms with Crippen LogP contribution in [0.1, 0.15) is 46.0 Å². The smallest absolute Gasteiger partial charge is 0.289 e. The molecule has 22 heavy (non-hydrogen) atoms. The number of Topliss-reactive ketones (excluding diaryl/α,β-unsaturated/α-hetero) is 1. The van der Waals surface area contributed by atoms with Crippen molar-refractivity contribution in [2.24, 2.45) is 11.5 Å². The maximum absolute atomic E-state index is 11.7. The first-order valence-corrected chi connectivity index (χ1v) is 7.49. The molecule has 0 aromatic heterocycles. The standard InChI is InChI=1S/C14H26N4O4/c1-3-5-7-10(13(16)21)18-11(19)8-17-14(22)12(20)9(15)6-4-2/h9-10H,3-8,15H2,1-2H3,(H2,16,21)(H,17,22)(H,18,19). The highest BCUT2D eigenvalue weighted by atomic mass is 16.2. The first kappa shape index (κ1) is 20.0. The third-order valence-corrected chi connectivity index (χ3v) is 3.09. The molecule has 0 aromatic rings. The van der Waals surface area contributed by atoms with Gasteiger partial charge in [-0.3, -0.25) is 19.2 Å². The van der Waals surface area contributed by atoms with Crippen molar-refractivity contribution in [2.45, 2.75) is 58.0 Å². The minimum Gasteiger partial charge on any atom is -0.368 e. The quantitative estimate of drug-likeness (QED) is 0.360. The van der Waals surface area contributed by atoms with Crippen molar-refractivity contribution in [3.63, 3.8) is 0 Å². The molecule has 0 radical (unpaired) electrons. The van der Waals surface area contributed by atoms with Crippen LogP contribution in [0.3, 0.4) is 0 Å². The molecule has 8 heteroatoms. The van der Waals surface area contributed by atoms with Crippen LogP contribution in [-0.4, -0.2) is 42.1 Å². The number of hydrogen-bond donors (Lipinski definition) is 4. The number of rotatable bonds is 11. The van der Waals surface area contributed by atoms with Gasteiger partial charge in [-0.05, 0) is 12.8 Å². The molecule has 8 nitrogen and oxygen atoms in total. The normalized spacial score (nSPS) is 13.0. The Balaban J connectivity index is 4.28. The van der Waals surface area contributed by atoms with Gasteiger partial charge in [-0.2, -0.15) is 0 Å². The fraction of sp³-hybridized carbons (Fsp3) is 0.714. The predicted molar refractivity (Wildman–Crippen MR) is 81.6 cm³/mol. The number of carbonyl (C=O) groups is 4. The van der Waals surface area contributed by atoms with Crippen LogP contribution in [0.15, 0.2) is 0 Å². The lowest BCUT2D eigenvalue weighted by molar-refractivity contribution is -0.139. The lowest BCUT2D eigenvalue weighted by Gasteiger charge is -2.15. The van der Waals surface area contributed by atoms with Gasteiger partial charge in [-0.1, -0.05) is 33.1 Å². The summed E-state index contributed by atoms with van der Waals surface area (Å²) >= 11 is 0. The summed E-state index contributed by atoms with van der Waals surface area (Å²) < 4.78 is 0. The summed E-state index contributed by atoms with van der Waals surface area (Å²) in [5.74, 6) is -2.87. The molecule has 126 valence electrons. The molecule has 3 amide bonds. The highest BCUT2D eigenvalue weighted by Crippen LogP contribution is 2.00. The predicted octanol–water partition coefficient (Wildman–Crippen LogP) is -1.04. The van der Waals surface area contributed by atoms with Gasteiger partial charge in [0.15, 0.2) is 0 Å². The van der Waals surface area contributed by atoms with Crippen molar-refractivity contribution < 1.29 is 19.2 Å². The zero-order valence-corrected chi connectivity index (χ0v) is 13.2. The minimum atomic E-state index is -0.903. The first-order valence-electron chi connectivity index (χ1n) is 7.49. The van der Waals surface area contributed by atoms with Gasteiger partial charge < -0.3 is 22.1 Å². The number of hydrogen-bond acceptors (Lipinski definition) is 5. The molecule has 0 spiro atoms. The lowest BCUT2D eigenvalue weighted by Crippen LogP contribution is -2.50. The Morgan fingerprint density at radius 3 is 2.18 bits per heavy atom.